The monoisotopic (exact) mass is 398 g/mol. The van der Waals surface area contributed by atoms with E-state index >= 15 is 0 Å². The van der Waals surface area contributed by atoms with Crippen LogP contribution in [0, 0.1) is 5.92 Å². The highest BCUT2D eigenvalue weighted by molar-refractivity contribution is 8.13. The van der Waals surface area contributed by atoms with Crippen molar-refractivity contribution in [2.24, 2.45) is 13.0 Å². The Morgan fingerprint density at radius 2 is 1.89 bits per heavy atom. The summed E-state index contributed by atoms with van der Waals surface area (Å²) in [6.07, 6.45) is 0.749. The van der Waals surface area contributed by atoms with E-state index in [0.717, 1.165) is 46.1 Å². The molecule has 0 bridgehead atoms. The molecule has 0 spiro atoms. The number of ether oxygens (including phenoxy) is 2. The van der Waals surface area contributed by atoms with Crippen molar-refractivity contribution in [3.63, 3.8) is 0 Å². The van der Waals surface area contributed by atoms with Gasteiger partial charge in [-0.05, 0) is 42.0 Å². The molecule has 0 aliphatic carbocycles. The smallest absolute Gasteiger partial charge is 0.192 e. The van der Waals surface area contributed by atoms with E-state index in [-0.39, 0.29) is 11.0 Å². The minimum Gasteiger partial charge on any atom is -0.497 e. The number of benzene rings is 2. The number of thioether (sulfide) groups is 1. The zero-order valence-electron chi connectivity index (χ0n) is 16.8. The molecular weight excluding hydrogens is 372 g/mol. The molecule has 148 valence electrons. The van der Waals surface area contributed by atoms with Crippen LogP contribution in [0.1, 0.15) is 25.2 Å². The average molecular weight is 399 g/mol. The molecule has 0 saturated heterocycles. The number of rotatable bonds is 8. The van der Waals surface area contributed by atoms with Crippen LogP contribution in [0.3, 0.4) is 0 Å². The first kappa shape index (κ1) is 20.3. The molecule has 3 aromatic rings. The number of hydrogen-bond acceptors (Lipinski definition) is 5. The van der Waals surface area contributed by atoms with Crippen LogP contribution in [0.25, 0.3) is 11.0 Å². The molecule has 28 heavy (non-hydrogen) atoms. The third-order valence-electron chi connectivity index (χ3n) is 4.70. The summed E-state index contributed by atoms with van der Waals surface area (Å²) in [4.78, 5) is 16.6. The minimum atomic E-state index is 0.0220. The van der Waals surface area contributed by atoms with Crippen molar-refractivity contribution in [2.75, 3.05) is 12.9 Å². The molecule has 1 atom stereocenters. The van der Waals surface area contributed by atoms with E-state index in [2.05, 4.69) is 4.98 Å². The van der Waals surface area contributed by atoms with Crippen LogP contribution in [0.2, 0.25) is 0 Å². The van der Waals surface area contributed by atoms with Gasteiger partial charge in [0.25, 0.3) is 0 Å². The van der Waals surface area contributed by atoms with Crippen LogP contribution in [0.4, 0.5) is 0 Å². The van der Waals surface area contributed by atoms with Crippen molar-refractivity contribution in [3.05, 3.63) is 53.9 Å². The van der Waals surface area contributed by atoms with Gasteiger partial charge in [-0.3, -0.25) is 4.79 Å². The maximum absolute atomic E-state index is 11.9. The Kier molecular flexibility index (Phi) is 6.62. The SMILES string of the molecule is CCSC(=O)C(C)Cc1ccc(OCc2nc3ccc(OC)cc3n2C)cc1. The first-order valence-electron chi connectivity index (χ1n) is 9.39. The molecule has 0 saturated carbocycles. The molecule has 0 N–H and O–H groups in total. The predicted octanol–water partition coefficient (Wildman–Crippen LogP) is 4.62. The molecule has 0 amide bonds. The number of carbonyl (C=O) groups excluding carboxylic acids is 1. The van der Waals surface area contributed by atoms with Crippen molar-refractivity contribution < 1.29 is 14.3 Å². The molecule has 5 nitrogen and oxygen atoms in total. The van der Waals surface area contributed by atoms with Crippen molar-refractivity contribution in [2.45, 2.75) is 26.9 Å². The number of carbonyl (C=O) groups is 1. The van der Waals surface area contributed by atoms with E-state index < -0.39 is 0 Å². The Hall–Kier alpha value is -2.47. The van der Waals surface area contributed by atoms with Gasteiger partial charge in [0.2, 0.25) is 0 Å². The van der Waals surface area contributed by atoms with Gasteiger partial charge in [-0.1, -0.05) is 37.7 Å². The number of methoxy groups -OCH3 is 1. The third kappa shape index (κ3) is 4.68. The number of nitrogens with zero attached hydrogens (tertiary/aromatic N) is 2. The molecule has 1 heterocycles. The van der Waals surface area contributed by atoms with Crippen molar-refractivity contribution in [1.82, 2.24) is 9.55 Å². The topological polar surface area (TPSA) is 53.4 Å². The largest absolute Gasteiger partial charge is 0.497 e. The van der Waals surface area contributed by atoms with E-state index in [9.17, 15) is 4.79 Å². The van der Waals surface area contributed by atoms with Gasteiger partial charge in [-0.15, -0.1) is 0 Å². The molecular formula is C22H26N2O3S. The normalized spacial score (nSPS) is 12.1. The molecule has 0 aliphatic rings. The zero-order chi connectivity index (χ0) is 20.1. The van der Waals surface area contributed by atoms with E-state index in [1.807, 2.05) is 67.9 Å². The number of fused-ring (bicyclic) bond motifs is 1. The molecule has 1 unspecified atom stereocenters. The van der Waals surface area contributed by atoms with E-state index in [4.69, 9.17) is 9.47 Å². The molecule has 0 fully saturated rings. The lowest BCUT2D eigenvalue weighted by atomic mass is 10.0. The first-order valence-corrected chi connectivity index (χ1v) is 10.4. The summed E-state index contributed by atoms with van der Waals surface area (Å²) in [6.45, 7) is 4.37. The highest BCUT2D eigenvalue weighted by atomic mass is 32.2. The lowest BCUT2D eigenvalue weighted by Crippen LogP contribution is -2.10. The van der Waals surface area contributed by atoms with Gasteiger partial charge in [0.05, 0.1) is 18.1 Å². The number of aryl methyl sites for hydroxylation is 1. The molecule has 6 heteroatoms. The van der Waals surface area contributed by atoms with Crippen LogP contribution in [0.5, 0.6) is 11.5 Å². The zero-order valence-corrected chi connectivity index (χ0v) is 17.6. The van der Waals surface area contributed by atoms with Crippen molar-refractivity contribution in [3.8, 4) is 11.5 Å². The molecule has 1 aromatic heterocycles. The Morgan fingerprint density at radius 1 is 1.18 bits per heavy atom. The van der Waals surface area contributed by atoms with Crippen molar-refractivity contribution in [1.29, 1.82) is 0 Å². The fourth-order valence-electron chi connectivity index (χ4n) is 3.07. The summed E-state index contributed by atoms with van der Waals surface area (Å²) >= 11 is 1.39. The number of imidazole rings is 1. The highest BCUT2D eigenvalue weighted by Crippen LogP contribution is 2.23. The van der Waals surface area contributed by atoms with Crippen LogP contribution in [0.15, 0.2) is 42.5 Å². The van der Waals surface area contributed by atoms with Gasteiger partial charge in [0, 0.05) is 19.0 Å². The second-order valence-electron chi connectivity index (χ2n) is 6.73. The molecule has 0 radical (unpaired) electrons. The van der Waals surface area contributed by atoms with Gasteiger partial charge < -0.3 is 14.0 Å². The average Bonchev–Trinajstić information content (AvgIpc) is 3.02. The standard InChI is InChI=1S/C22H26N2O3S/c1-5-28-22(25)15(2)12-16-6-8-17(9-7-16)27-14-21-23-19-11-10-18(26-4)13-20(19)24(21)3/h6-11,13,15H,5,12,14H2,1-4H3. The summed E-state index contributed by atoms with van der Waals surface area (Å²) in [6, 6.07) is 13.8. The summed E-state index contributed by atoms with van der Waals surface area (Å²) in [7, 11) is 3.63. The lowest BCUT2D eigenvalue weighted by molar-refractivity contribution is -0.113. The van der Waals surface area contributed by atoms with Crippen LogP contribution < -0.4 is 9.47 Å². The molecule has 3 rings (SSSR count). The summed E-state index contributed by atoms with van der Waals surface area (Å²) in [5.41, 5.74) is 3.07. The maximum Gasteiger partial charge on any atom is 0.192 e. The van der Waals surface area contributed by atoms with Gasteiger partial charge in [0.1, 0.15) is 23.9 Å². The summed E-state index contributed by atoms with van der Waals surface area (Å²) in [5, 5.41) is 0.251. The van der Waals surface area contributed by atoms with Crippen LogP contribution >= 0.6 is 11.8 Å². The highest BCUT2D eigenvalue weighted by Gasteiger charge is 2.13. The van der Waals surface area contributed by atoms with E-state index in [1.54, 1.807) is 7.11 Å². The lowest BCUT2D eigenvalue weighted by Gasteiger charge is -2.11. The van der Waals surface area contributed by atoms with Crippen LogP contribution in [-0.4, -0.2) is 27.5 Å². The molecule has 2 aromatic carbocycles. The Morgan fingerprint density at radius 3 is 2.57 bits per heavy atom. The summed E-state index contributed by atoms with van der Waals surface area (Å²) in [5.74, 6) is 3.29. The third-order valence-corrected chi connectivity index (χ3v) is 5.68. The van der Waals surface area contributed by atoms with Crippen LogP contribution in [-0.2, 0) is 24.9 Å². The van der Waals surface area contributed by atoms with E-state index in [1.165, 1.54) is 11.8 Å². The fourth-order valence-corrected chi connectivity index (χ4v) is 3.72. The van der Waals surface area contributed by atoms with Gasteiger partial charge in [0.15, 0.2) is 5.12 Å². The van der Waals surface area contributed by atoms with Gasteiger partial charge in [-0.2, -0.15) is 0 Å². The van der Waals surface area contributed by atoms with Gasteiger partial charge in [-0.25, -0.2) is 4.98 Å². The van der Waals surface area contributed by atoms with Crippen molar-refractivity contribution >= 4 is 27.9 Å². The number of hydrogen-bond donors (Lipinski definition) is 0. The summed E-state index contributed by atoms with van der Waals surface area (Å²) < 4.78 is 13.2. The Bertz CT molecular complexity index is 950. The second kappa shape index (κ2) is 9.15. The minimum absolute atomic E-state index is 0.0220. The number of aromatic nitrogens is 2. The Labute approximate surface area is 170 Å². The van der Waals surface area contributed by atoms with E-state index in [0.29, 0.717) is 6.61 Å². The first-order chi connectivity index (χ1) is 13.5. The maximum atomic E-state index is 11.9. The predicted molar refractivity (Wildman–Crippen MR) is 114 cm³/mol. The second-order valence-corrected chi connectivity index (χ2v) is 8.00. The quantitative estimate of drug-likeness (QED) is 0.554. The van der Waals surface area contributed by atoms with Gasteiger partial charge >= 0.3 is 0 Å². The Balaban J connectivity index is 1.63. The fraction of sp³-hybridized carbons (Fsp3) is 0.364. The molecule has 0 aliphatic heterocycles.